The summed E-state index contributed by atoms with van der Waals surface area (Å²) < 4.78 is 24.0. The number of para-hydroxylation sites is 1. The standard InChI is InChI=1S/C14H20N2O3S/c17-14(16-13-4-2-1-3-5-13)11-20(18,19)10-12-6-8-15-9-7-12/h1-5,12,15H,6-11H2,(H,16,17). The zero-order valence-corrected chi connectivity index (χ0v) is 12.2. The van der Waals surface area contributed by atoms with Crippen molar-refractivity contribution in [3.8, 4) is 0 Å². The Morgan fingerprint density at radius 3 is 2.50 bits per heavy atom. The number of rotatable bonds is 5. The molecule has 1 fully saturated rings. The van der Waals surface area contributed by atoms with Crippen molar-refractivity contribution < 1.29 is 13.2 Å². The summed E-state index contributed by atoms with van der Waals surface area (Å²) in [6, 6.07) is 8.89. The van der Waals surface area contributed by atoms with E-state index in [2.05, 4.69) is 10.6 Å². The first-order valence-corrected chi connectivity index (χ1v) is 8.63. The number of carbonyl (C=O) groups excluding carboxylic acids is 1. The lowest BCUT2D eigenvalue weighted by Crippen LogP contribution is -2.33. The Hall–Kier alpha value is -1.40. The van der Waals surface area contributed by atoms with Crippen LogP contribution in [0.3, 0.4) is 0 Å². The van der Waals surface area contributed by atoms with Crippen molar-refractivity contribution in [3.63, 3.8) is 0 Å². The zero-order chi connectivity index (χ0) is 14.4. The molecule has 1 aromatic carbocycles. The van der Waals surface area contributed by atoms with Gasteiger partial charge in [0.05, 0.1) is 5.75 Å². The highest BCUT2D eigenvalue weighted by Crippen LogP contribution is 2.15. The summed E-state index contributed by atoms with van der Waals surface area (Å²) in [6.45, 7) is 1.72. The van der Waals surface area contributed by atoms with Gasteiger partial charge in [0.2, 0.25) is 5.91 Å². The Bertz CT molecular complexity index is 537. The second-order valence-electron chi connectivity index (χ2n) is 5.16. The minimum atomic E-state index is -3.34. The molecule has 5 nitrogen and oxygen atoms in total. The lowest BCUT2D eigenvalue weighted by molar-refractivity contribution is -0.113. The first kappa shape index (κ1) is 15.0. The van der Waals surface area contributed by atoms with E-state index < -0.39 is 21.5 Å². The van der Waals surface area contributed by atoms with Crippen LogP contribution >= 0.6 is 0 Å². The van der Waals surface area contributed by atoms with Gasteiger partial charge in [-0.1, -0.05) is 18.2 Å². The average Bonchev–Trinajstić information content (AvgIpc) is 2.39. The van der Waals surface area contributed by atoms with Gasteiger partial charge in [-0.25, -0.2) is 8.42 Å². The summed E-state index contributed by atoms with van der Waals surface area (Å²) in [5, 5.41) is 5.80. The molecule has 6 heteroatoms. The molecule has 20 heavy (non-hydrogen) atoms. The Labute approximate surface area is 119 Å². The van der Waals surface area contributed by atoms with Gasteiger partial charge in [0.15, 0.2) is 9.84 Å². The van der Waals surface area contributed by atoms with Gasteiger partial charge in [-0.15, -0.1) is 0 Å². The Morgan fingerprint density at radius 1 is 1.20 bits per heavy atom. The van der Waals surface area contributed by atoms with E-state index in [0.717, 1.165) is 25.9 Å². The zero-order valence-electron chi connectivity index (χ0n) is 11.3. The average molecular weight is 296 g/mol. The fourth-order valence-electron chi connectivity index (χ4n) is 2.38. The van der Waals surface area contributed by atoms with Gasteiger partial charge in [-0.3, -0.25) is 4.79 Å². The van der Waals surface area contributed by atoms with Crippen molar-refractivity contribution in [2.24, 2.45) is 5.92 Å². The molecule has 1 amide bonds. The van der Waals surface area contributed by atoms with Crippen molar-refractivity contribution in [1.82, 2.24) is 5.32 Å². The highest BCUT2D eigenvalue weighted by Gasteiger charge is 2.23. The number of anilines is 1. The van der Waals surface area contributed by atoms with Gasteiger partial charge in [0, 0.05) is 5.69 Å². The summed E-state index contributed by atoms with van der Waals surface area (Å²) in [7, 11) is -3.34. The van der Waals surface area contributed by atoms with E-state index >= 15 is 0 Å². The van der Waals surface area contributed by atoms with E-state index in [1.54, 1.807) is 24.3 Å². The minimum absolute atomic E-state index is 0.108. The van der Waals surface area contributed by atoms with Gasteiger partial charge >= 0.3 is 0 Å². The fraction of sp³-hybridized carbons (Fsp3) is 0.500. The number of carbonyl (C=O) groups is 1. The maximum Gasteiger partial charge on any atom is 0.239 e. The molecule has 110 valence electrons. The third-order valence-corrected chi connectivity index (χ3v) is 5.04. The largest absolute Gasteiger partial charge is 0.325 e. The van der Waals surface area contributed by atoms with E-state index in [1.165, 1.54) is 0 Å². The lowest BCUT2D eigenvalue weighted by Gasteiger charge is -2.22. The first-order valence-electron chi connectivity index (χ1n) is 6.81. The van der Waals surface area contributed by atoms with Gasteiger partial charge < -0.3 is 10.6 Å². The summed E-state index contributed by atoms with van der Waals surface area (Å²) in [6.07, 6.45) is 1.72. The molecular weight excluding hydrogens is 276 g/mol. The van der Waals surface area contributed by atoms with E-state index in [-0.39, 0.29) is 11.7 Å². The fourth-order valence-corrected chi connectivity index (χ4v) is 4.03. The second kappa shape index (κ2) is 6.85. The van der Waals surface area contributed by atoms with E-state index in [1.807, 2.05) is 6.07 Å². The molecule has 0 spiro atoms. The number of hydrogen-bond acceptors (Lipinski definition) is 4. The summed E-state index contributed by atoms with van der Waals surface area (Å²) in [5.41, 5.74) is 0.620. The van der Waals surface area contributed by atoms with Crippen LogP contribution in [0.1, 0.15) is 12.8 Å². The lowest BCUT2D eigenvalue weighted by atomic mass is 10.0. The number of benzene rings is 1. The van der Waals surface area contributed by atoms with Crippen LogP contribution in [0.25, 0.3) is 0 Å². The molecule has 2 N–H and O–H groups in total. The quantitative estimate of drug-likeness (QED) is 0.851. The summed E-state index contributed by atoms with van der Waals surface area (Å²) in [5.74, 6) is -0.626. The molecule has 2 rings (SSSR count). The van der Waals surface area contributed by atoms with E-state index in [9.17, 15) is 13.2 Å². The molecule has 0 radical (unpaired) electrons. The third-order valence-electron chi connectivity index (χ3n) is 3.36. The van der Waals surface area contributed by atoms with Crippen LogP contribution in [0, 0.1) is 5.92 Å². The van der Waals surface area contributed by atoms with Crippen LogP contribution in [-0.2, 0) is 14.6 Å². The van der Waals surface area contributed by atoms with Crippen LogP contribution in [0.5, 0.6) is 0 Å². The number of amides is 1. The van der Waals surface area contributed by atoms with Crippen molar-refractivity contribution in [2.45, 2.75) is 12.8 Å². The molecule has 1 aromatic rings. The van der Waals surface area contributed by atoms with Crippen LogP contribution < -0.4 is 10.6 Å². The second-order valence-corrected chi connectivity index (χ2v) is 7.27. The predicted molar refractivity (Wildman–Crippen MR) is 79.3 cm³/mol. The molecule has 0 saturated carbocycles. The Balaban J connectivity index is 1.85. The van der Waals surface area contributed by atoms with Gasteiger partial charge in [-0.05, 0) is 44.0 Å². The maximum absolute atomic E-state index is 12.0. The van der Waals surface area contributed by atoms with Gasteiger partial charge in [0.1, 0.15) is 5.75 Å². The number of sulfone groups is 1. The molecule has 0 bridgehead atoms. The summed E-state index contributed by atoms with van der Waals surface area (Å²) >= 11 is 0. The van der Waals surface area contributed by atoms with Crippen LogP contribution in [0.15, 0.2) is 30.3 Å². The molecule has 0 aromatic heterocycles. The number of piperidine rings is 1. The molecule has 1 aliphatic heterocycles. The smallest absolute Gasteiger partial charge is 0.239 e. The SMILES string of the molecule is O=C(CS(=O)(=O)CC1CCNCC1)Nc1ccccc1. The monoisotopic (exact) mass is 296 g/mol. The highest BCUT2D eigenvalue weighted by atomic mass is 32.2. The van der Waals surface area contributed by atoms with Crippen molar-refractivity contribution >= 4 is 21.4 Å². The molecular formula is C14H20N2O3S. The number of hydrogen-bond donors (Lipinski definition) is 2. The molecule has 1 aliphatic rings. The highest BCUT2D eigenvalue weighted by molar-refractivity contribution is 7.92. The van der Waals surface area contributed by atoms with E-state index in [0.29, 0.717) is 5.69 Å². The molecule has 0 aliphatic carbocycles. The van der Waals surface area contributed by atoms with Crippen molar-refractivity contribution in [3.05, 3.63) is 30.3 Å². The first-order chi connectivity index (χ1) is 9.55. The van der Waals surface area contributed by atoms with Gasteiger partial charge in [-0.2, -0.15) is 0 Å². The van der Waals surface area contributed by atoms with Crippen molar-refractivity contribution in [2.75, 3.05) is 29.9 Å². The van der Waals surface area contributed by atoms with Crippen LogP contribution in [0.4, 0.5) is 5.69 Å². The van der Waals surface area contributed by atoms with Crippen molar-refractivity contribution in [1.29, 1.82) is 0 Å². The topological polar surface area (TPSA) is 75.3 Å². The Morgan fingerprint density at radius 2 is 1.85 bits per heavy atom. The molecule has 0 atom stereocenters. The summed E-state index contributed by atoms with van der Waals surface area (Å²) in [4.78, 5) is 11.8. The Kier molecular flexibility index (Phi) is 5.14. The van der Waals surface area contributed by atoms with E-state index in [4.69, 9.17) is 0 Å². The van der Waals surface area contributed by atoms with Crippen LogP contribution in [-0.4, -0.2) is 38.9 Å². The van der Waals surface area contributed by atoms with Crippen LogP contribution in [0.2, 0.25) is 0 Å². The molecule has 1 heterocycles. The van der Waals surface area contributed by atoms with Gasteiger partial charge in [0.25, 0.3) is 0 Å². The maximum atomic E-state index is 12.0. The third kappa shape index (κ3) is 4.94. The molecule has 0 unspecified atom stereocenters. The minimum Gasteiger partial charge on any atom is -0.325 e. The molecule has 1 saturated heterocycles. The number of nitrogens with one attached hydrogen (secondary N) is 2. The predicted octanol–water partition coefficient (Wildman–Crippen LogP) is 1.04. The normalized spacial score (nSPS) is 16.8.